The largest absolute Gasteiger partial charge is 0.366 e. The molecule has 3 atom stereocenters. The van der Waals surface area contributed by atoms with Crippen molar-refractivity contribution in [2.75, 3.05) is 6.61 Å². The van der Waals surface area contributed by atoms with Gasteiger partial charge in [-0.3, -0.25) is 4.79 Å². The molecule has 0 amide bonds. The minimum Gasteiger partial charge on any atom is -0.366 e. The molecule has 31 heavy (non-hydrogen) atoms. The molecule has 3 unspecified atom stereocenters. The van der Waals surface area contributed by atoms with Crippen LogP contribution in [0.1, 0.15) is 80.1 Å². The summed E-state index contributed by atoms with van der Waals surface area (Å²) in [6.45, 7) is 23.6. The number of rotatable bonds is 9. The number of halogens is 1. The maximum absolute atomic E-state index is 11.8. The van der Waals surface area contributed by atoms with E-state index in [2.05, 4.69) is 44.6 Å². The van der Waals surface area contributed by atoms with Gasteiger partial charge in [0.1, 0.15) is 0 Å². The zero-order chi connectivity index (χ0) is 24.0. The molecule has 0 aromatic carbocycles. The molecule has 0 aromatic rings. The number of ketones is 1. The average Bonchev–Trinajstić information content (AvgIpc) is 2.69. The Morgan fingerprint density at radius 1 is 1.10 bits per heavy atom. The maximum Gasteiger partial charge on any atom is 0.159 e. The van der Waals surface area contributed by atoms with Crippen molar-refractivity contribution in [2.24, 2.45) is 5.92 Å². The van der Waals surface area contributed by atoms with Crippen molar-refractivity contribution in [1.82, 2.24) is 0 Å². The molecule has 4 heteroatoms. The minimum atomic E-state index is -0.0550. The summed E-state index contributed by atoms with van der Waals surface area (Å²) in [5, 5.41) is 0. The second-order valence-electron chi connectivity index (χ2n) is 8.42. The molecule has 0 bridgehead atoms. The van der Waals surface area contributed by atoms with Crippen molar-refractivity contribution in [3.05, 3.63) is 59.8 Å². The summed E-state index contributed by atoms with van der Waals surface area (Å²) in [5.41, 5.74) is 5.43. The summed E-state index contributed by atoms with van der Waals surface area (Å²) in [7, 11) is 0. The van der Waals surface area contributed by atoms with E-state index in [4.69, 9.17) is 4.74 Å². The first-order valence-corrected chi connectivity index (χ1v) is 11.4. The number of Topliss-reactive ketones (excluding diaryl/α,β-unsaturated/α-hetero) is 1. The van der Waals surface area contributed by atoms with E-state index in [0.717, 1.165) is 24.0 Å². The van der Waals surface area contributed by atoms with E-state index in [-0.39, 0.29) is 30.5 Å². The second-order valence-corrected chi connectivity index (χ2v) is 8.42. The molecule has 0 saturated carbocycles. The fourth-order valence-corrected chi connectivity index (χ4v) is 3.51. The zero-order valence-electron chi connectivity index (χ0n) is 20.6. The molecule has 0 saturated heterocycles. The van der Waals surface area contributed by atoms with Gasteiger partial charge < -0.3 is 4.74 Å². The molecule has 1 aliphatic carbocycles. The van der Waals surface area contributed by atoms with E-state index in [0.29, 0.717) is 19.3 Å². The molecule has 1 heterocycles. The average molecular weight is 435 g/mol. The normalized spacial score (nSPS) is 21.9. The lowest BCUT2D eigenvalue weighted by molar-refractivity contribution is -0.130. The smallest absolute Gasteiger partial charge is 0.159 e. The highest BCUT2D eigenvalue weighted by atomic mass is 19.3. The highest BCUT2D eigenvalue weighted by Gasteiger charge is 2.34. The summed E-state index contributed by atoms with van der Waals surface area (Å²) >= 11 is 0. The first kappa shape index (κ1) is 29.2. The van der Waals surface area contributed by atoms with Crippen molar-refractivity contribution in [3.8, 4) is 0 Å². The fourth-order valence-electron chi connectivity index (χ4n) is 3.51. The number of ether oxygens (including phenoxy) is 1. The second kappa shape index (κ2) is 15.9. The Balaban J connectivity index is 0.000000692. The van der Waals surface area contributed by atoms with Crippen LogP contribution < -0.4 is 0 Å². The van der Waals surface area contributed by atoms with Crippen LogP contribution in [0.2, 0.25) is 0 Å². The number of fused-ring (bicyclic) bond motifs is 1. The van der Waals surface area contributed by atoms with Crippen LogP contribution in [0.4, 0.5) is 4.53 Å². The van der Waals surface area contributed by atoms with E-state index >= 15 is 0 Å². The van der Waals surface area contributed by atoms with Gasteiger partial charge in [-0.15, -0.1) is 13.2 Å². The molecule has 0 N–H and O–H groups in total. The molecule has 2 aliphatic rings. The van der Waals surface area contributed by atoms with Crippen molar-refractivity contribution in [1.29, 1.82) is 0 Å². The van der Waals surface area contributed by atoms with Crippen molar-refractivity contribution < 1.29 is 19.0 Å². The molecule has 176 valence electrons. The van der Waals surface area contributed by atoms with Gasteiger partial charge in [-0.05, 0) is 76.0 Å². The Morgan fingerprint density at radius 3 is 2.19 bits per heavy atom. The van der Waals surface area contributed by atoms with Gasteiger partial charge in [0, 0.05) is 12.3 Å². The van der Waals surface area contributed by atoms with Gasteiger partial charge in [0.15, 0.2) is 5.78 Å². The van der Waals surface area contributed by atoms with Crippen LogP contribution in [0.15, 0.2) is 59.8 Å². The highest BCUT2D eigenvalue weighted by molar-refractivity contribution is 5.96. The number of allylic oxidation sites excluding steroid dienone is 3. The van der Waals surface area contributed by atoms with Gasteiger partial charge in [-0.1, -0.05) is 48.8 Å². The van der Waals surface area contributed by atoms with E-state index in [1.165, 1.54) is 23.1 Å². The molecular weight excluding hydrogens is 391 g/mol. The van der Waals surface area contributed by atoms with Crippen LogP contribution >= 0.6 is 0 Å². The topological polar surface area (TPSA) is 35.5 Å². The Labute approximate surface area is 189 Å². The monoisotopic (exact) mass is 434 g/mol. The van der Waals surface area contributed by atoms with Crippen LogP contribution in [0.5, 0.6) is 0 Å². The van der Waals surface area contributed by atoms with Crippen molar-refractivity contribution in [3.63, 3.8) is 0 Å². The van der Waals surface area contributed by atoms with Gasteiger partial charge in [-0.2, -0.15) is 4.94 Å². The predicted molar refractivity (Wildman–Crippen MR) is 130 cm³/mol. The van der Waals surface area contributed by atoms with Crippen LogP contribution in [0.25, 0.3) is 0 Å². The lowest BCUT2D eigenvalue weighted by Crippen LogP contribution is -2.37. The Bertz CT molecular complexity index is 658. The van der Waals surface area contributed by atoms with Gasteiger partial charge in [-0.25, -0.2) is 0 Å². The molecule has 0 spiro atoms. The van der Waals surface area contributed by atoms with E-state index in [1.807, 2.05) is 33.8 Å². The number of hydrogen-bond donors (Lipinski definition) is 0. The summed E-state index contributed by atoms with van der Waals surface area (Å²) < 4.78 is 17.7. The minimum absolute atomic E-state index is 0.0343. The Hall–Kier alpha value is -1.78. The number of hydrogen-bond acceptors (Lipinski definition) is 3. The molecule has 3 nitrogen and oxygen atoms in total. The van der Waals surface area contributed by atoms with Crippen LogP contribution in [0.3, 0.4) is 0 Å². The quantitative estimate of drug-likeness (QED) is 0.347. The third kappa shape index (κ3) is 12.0. The third-order valence-electron chi connectivity index (χ3n) is 5.25. The van der Waals surface area contributed by atoms with Gasteiger partial charge in [0.05, 0.1) is 18.8 Å². The zero-order valence-corrected chi connectivity index (χ0v) is 20.6. The van der Waals surface area contributed by atoms with Crippen LogP contribution in [0, 0.1) is 5.92 Å². The summed E-state index contributed by atoms with van der Waals surface area (Å²) in [6, 6.07) is 0. The summed E-state index contributed by atoms with van der Waals surface area (Å²) in [6.07, 6.45) is 9.07. The predicted octanol–water partition coefficient (Wildman–Crippen LogP) is 7.81. The maximum atomic E-state index is 11.8. The fraction of sp³-hybridized carbons (Fsp3) is 0.593. The van der Waals surface area contributed by atoms with Gasteiger partial charge in [0.25, 0.3) is 0 Å². The van der Waals surface area contributed by atoms with Gasteiger partial charge in [0.2, 0.25) is 0 Å². The number of carbonyl (C=O) groups excluding carboxylic acids is 1. The Morgan fingerprint density at radius 2 is 1.68 bits per heavy atom. The molecular formula is C27H43FO3. The number of carbonyl (C=O) groups is 1. The molecule has 1 aliphatic heterocycles. The third-order valence-corrected chi connectivity index (χ3v) is 5.25. The molecule has 0 radical (unpaired) electrons. The van der Waals surface area contributed by atoms with Crippen molar-refractivity contribution in [2.45, 2.75) is 92.3 Å². The standard InChI is InChI=1S/C16H21FO3.C9H16.C2H6/c1-10(4-5-19-17)6-13-7-11(2)14-9-15(18)12(3)8-16(14)20-13;1-8(2)6-5-7-9(3)4;1-2/h7-8,13-14,16H,1,4-6,9H2,2-3H3;1,3,5-7H2,2,4H3;1-2H3. The lowest BCUT2D eigenvalue weighted by Gasteiger charge is -2.36. The van der Waals surface area contributed by atoms with Crippen LogP contribution in [-0.4, -0.2) is 24.6 Å². The van der Waals surface area contributed by atoms with E-state index in [1.54, 1.807) is 0 Å². The first-order valence-electron chi connectivity index (χ1n) is 11.4. The SMILES string of the molecule is C=C(C)CCCC(=C)C.C=C(CCOF)CC1C=C(C)C2CC(=O)C(C)=CC2O1.CC. The molecule has 2 rings (SSSR count). The first-order chi connectivity index (χ1) is 14.6. The lowest BCUT2D eigenvalue weighted by atomic mass is 9.80. The molecule has 0 aromatic heterocycles. The molecule has 0 fully saturated rings. The van der Waals surface area contributed by atoms with E-state index < -0.39 is 0 Å². The highest BCUT2D eigenvalue weighted by Crippen LogP contribution is 2.35. The Kier molecular flexibility index (Phi) is 15.0. The van der Waals surface area contributed by atoms with Crippen LogP contribution in [-0.2, 0) is 14.5 Å². The van der Waals surface area contributed by atoms with E-state index in [9.17, 15) is 9.32 Å². The summed E-state index contributed by atoms with van der Waals surface area (Å²) in [4.78, 5) is 15.3. The van der Waals surface area contributed by atoms with Gasteiger partial charge >= 0.3 is 0 Å². The summed E-state index contributed by atoms with van der Waals surface area (Å²) in [5.74, 6) is 0.357. The van der Waals surface area contributed by atoms with Crippen molar-refractivity contribution >= 4 is 5.78 Å².